The standard InChI is InChI=1S/C9H17N3O3S2/c1-6(13)4-5-12(3)17(14,15)8-7(2)11-9(10)16-8/h6,13H,4-5H2,1-3H3,(H2,10,11). The van der Waals surface area contributed by atoms with Gasteiger partial charge in [0.05, 0.1) is 11.8 Å². The molecule has 1 aromatic rings. The van der Waals surface area contributed by atoms with Gasteiger partial charge in [0.2, 0.25) is 0 Å². The quantitative estimate of drug-likeness (QED) is 0.814. The van der Waals surface area contributed by atoms with Crippen LogP contribution in [0.15, 0.2) is 4.21 Å². The van der Waals surface area contributed by atoms with Crippen LogP contribution in [-0.2, 0) is 10.0 Å². The van der Waals surface area contributed by atoms with Crippen molar-refractivity contribution in [2.45, 2.75) is 30.6 Å². The van der Waals surface area contributed by atoms with E-state index in [0.717, 1.165) is 11.3 Å². The normalized spacial score (nSPS) is 14.2. The Hall–Kier alpha value is -0.700. The van der Waals surface area contributed by atoms with Crippen LogP contribution in [-0.4, -0.2) is 42.5 Å². The summed E-state index contributed by atoms with van der Waals surface area (Å²) < 4.78 is 25.7. The number of aliphatic hydroxyl groups excluding tert-OH is 1. The van der Waals surface area contributed by atoms with E-state index in [1.807, 2.05) is 0 Å². The third kappa shape index (κ3) is 3.38. The van der Waals surface area contributed by atoms with E-state index in [1.165, 1.54) is 11.4 Å². The molecule has 1 heterocycles. The van der Waals surface area contributed by atoms with Crippen LogP contribution in [0.1, 0.15) is 19.0 Å². The molecule has 0 aliphatic carbocycles. The second-order valence-electron chi connectivity index (χ2n) is 3.89. The summed E-state index contributed by atoms with van der Waals surface area (Å²) >= 11 is 0.958. The molecule has 6 nitrogen and oxygen atoms in total. The summed E-state index contributed by atoms with van der Waals surface area (Å²) in [5.41, 5.74) is 5.90. The van der Waals surface area contributed by atoms with E-state index in [0.29, 0.717) is 12.1 Å². The molecule has 98 valence electrons. The van der Waals surface area contributed by atoms with E-state index < -0.39 is 16.1 Å². The first-order valence-corrected chi connectivity index (χ1v) is 7.38. The van der Waals surface area contributed by atoms with E-state index in [9.17, 15) is 8.42 Å². The molecule has 8 heteroatoms. The minimum Gasteiger partial charge on any atom is -0.393 e. The summed E-state index contributed by atoms with van der Waals surface area (Å²) in [6.07, 6.45) is -0.136. The molecule has 1 unspecified atom stereocenters. The molecule has 0 aliphatic rings. The fraction of sp³-hybridized carbons (Fsp3) is 0.667. The summed E-state index contributed by atoms with van der Waals surface area (Å²) in [6, 6.07) is 0. The lowest BCUT2D eigenvalue weighted by Gasteiger charge is -2.16. The van der Waals surface area contributed by atoms with Gasteiger partial charge in [0, 0.05) is 13.6 Å². The SMILES string of the molecule is Cc1nc(N)sc1S(=O)(=O)N(C)CCC(C)O. The zero-order valence-electron chi connectivity index (χ0n) is 10.0. The van der Waals surface area contributed by atoms with E-state index in [-0.39, 0.29) is 15.9 Å². The predicted molar refractivity (Wildman–Crippen MR) is 67.4 cm³/mol. The van der Waals surface area contributed by atoms with E-state index in [4.69, 9.17) is 10.8 Å². The van der Waals surface area contributed by atoms with Crippen molar-refractivity contribution >= 4 is 26.5 Å². The lowest BCUT2D eigenvalue weighted by atomic mass is 10.3. The predicted octanol–water partition coefficient (Wildman–Crippen LogP) is 0.425. The maximum Gasteiger partial charge on any atom is 0.254 e. The molecule has 0 saturated heterocycles. The highest BCUT2D eigenvalue weighted by Gasteiger charge is 2.26. The van der Waals surface area contributed by atoms with Gasteiger partial charge in [-0.2, -0.15) is 0 Å². The number of hydrogen-bond acceptors (Lipinski definition) is 6. The number of nitrogens with zero attached hydrogens (tertiary/aromatic N) is 2. The third-order valence-electron chi connectivity index (χ3n) is 2.28. The number of nitrogens with two attached hydrogens (primary N) is 1. The summed E-state index contributed by atoms with van der Waals surface area (Å²) in [4.78, 5) is 3.90. The first-order valence-electron chi connectivity index (χ1n) is 5.12. The Kier molecular flexibility index (Phi) is 4.48. The number of aliphatic hydroxyl groups is 1. The van der Waals surface area contributed by atoms with Crippen LogP contribution < -0.4 is 5.73 Å². The number of aryl methyl sites for hydroxylation is 1. The zero-order chi connectivity index (χ0) is 13.2. The number of sulfonamides is 1. The molecule has 0 bridgehead atoms. The van der Waals surface area contributed by atoms with Crippen LogP contribution in [0.25, 0.3) is 0 Å². The van der Waals surface area contributed by atoms with Crippen molar-refractivity contribution < 1.29 is 13.5 Å². The molecule has 1 aromatic heterocycles. The van der Waals surface area contributed by atoms with E-state index >= 15 is 0 Å². The zero-order valence-corrected chi connectivity index (χ0v) is 11.7. The van der Waals surface area contributed by atoms with Gasteiger partial charge in [-0.3, -0.25) is 0 Å². The lowest BCUT2D eigenvalue weighted by molar-refractivity contribution is 0.177. The van der Waals surface area contributed by atoms with Gasteiger partial charge in [0.25, 0.3) is 10.0 Å². The first-order chi connectivity index (χ1) is 7.75. The molecule has 0 radical (unpaired) electrons. The highest BCUT2D eigenvalue weighted by Crippen LogP contribution is 2.27. The molecule has 0 saturated carbocycles. The lowest BCUT2D eigenvalue weighted by Crippen LogP contribution is -2.29. The average molecular weight is 279 g/mol. The van der Waals surface area contributed by atoms with Gasteiger partial charge < -0.3 is 10.8 Å². The maximum atomic E-state index is 12.1. The Morgan fingerprint density at radius 3 is 2.59 bits per heavy atom. The van der Waals surface area contributed by atoms with E-state index in [1.54, 1.807) is 13.8 Å². The molecule has 0 aliphatic heterocycles. The Morgan fingerprint density at radius 2 is 2.18 bits per heavy atom. The molecule has 1 atom stereocenters. The van der Waals surface area contributed by atoms with Gasteiger partial charge in [0.15, 0.2) is 9.34 Å². The molecular formula is C9H17N3O3S2. The van der Waals surface area contributed by atoms with Crippen molar-refractivity contribution in [3.8, 4) is 0 Å². The summed E-state index contributed by atoms with van der Waals surface area (Å²) in [6.45, 7) is 3.50. The van der Waals surface area contributed by atoms with Crippen molar-refractivity contribution in [1.82, 2.24) is 9.29 Å². The van der Waals surface area contributed by atoms with Crippen LogP contribution in [0.3, 0.4) is 0 Å². The van der Waals surface area contributed by atoms with Crippen molar-refractivity contribution in [1.29, 1.82) is 0 Å². The average Bonchev–Trinajstić information content (AvgIpc) is 2.54. The number of thiazole rings is 1. The molecule has 17 heavy (non-hydrogen) atoms. The fourth-order valence-corrected chi connectivity index (χ4v) is 3.95. The molecule has 3 N–H and O–H groups in total. The molecular weight excluding hydrogens is 262 g/mol. The second-order valence-corrected chi connectivity index (χ2v) is 7.16. The molecule has 0 spiro atoms. The minimum atomic E-state index is -3.55. The fourth-order valence-electron chi connectivity index (χ4n) is 1.27. The van der Waals surface area contributed by atoms with Crippen molar-refractivity contribution in [3.63, 3.8) is 0 Å². The molecule has 0 amide bonds. The first kappa shape index (κ1) is 14.4. The monoisotopic (exact) mass is 279 g/mol. The summed E-state index contributed by atoms with van der Waals surface area (Å²) in [5.74, 6) is 0. The van der Waals surface area contributed by atoms with Crippen LogP contribution in [0.5, 0.6) is 0 Å². The van der Waals surface area contributed by atoms with Gasteiger partial charge in [-0.1, -0.05) is 11.3 Å². The topological polar surface area (TPSA) is 96.5 Å². The highest BCUT2D eigenvalue weighted by atomic mass is 32.2. The number of anilines is 1. The Morgan fingerprint density at radius 1 is 1.59 bits per heavy atom. The van der Waals surface area contributed by atoms with Crippen LogP contribution in [0, 0.1) is 6.92 Å². The number of hydrogen-bond donors (Lipinski definition) is 2. The van der Waals surface area contributed by atoms with E-state index in [2.05, 4.69) is 4.98 Å². The second kappa shape index (κ2) is 5.30. The molecule has 1 rings (SSSR count). The van der Waals surface area contributed by atoms with Gasteiger partial charge in [0.1, 0.15) is 0 Å². The maximum absolute atomic E-state index is 12.1. The smallest absolute Gasteiger partial charge is 0.254 e. The van der Waals surface area contributed by atoms with Crippen molar-refractivity contribution in [2.24, 2.45) is 0 Å². The number of rotatable bonds is 5. The highest BCUT2D eigenvalue weighted by molar-refractivity contribution is 7.91. The Bertz CT molecular complexity index is 482. The van der Waals surface area contributed by atoms with Gasteiger partial charge in [-0.05, 0) is 20.3 Å². The number of nitrogen functional groups attached to an aromatic ring is 1. The Labute approximate surface area is 105 Å². The van der Waals surface area contributed by atoms with Crippen LogP contribution in [0.4, 0.5) is 5.13 Å². The van der Waals surface area contributed by atoms with Gasteiger partial charge in [-0.15, -0.1) is 0 Å². The summed E-state index contributed by atoms with van der Waals surface area (Å²) in [5, 5.41) is 9.39. The molecule has 0 fully saturated rings. The van der Waals surface area contributed by atoms with Crippen LogP contribution in [0.2, 0.25) is 0 Å². The van der Waals surface area contributed by atoms with Gasteiger partial charge >= 0.3 is 0 Å². The summed E-state index contributed by atoms with van der Waals surface area (Å²) in [7, 11) is -2.07. The minimum absolute atomic E-state index is 0.170. The van der Waals surface area contributed by atoms with Crippen LogP contribution >= 0.6 is 11.3 Å². The van der Waals surface area contributed by atoms with Crippen molar-refractivity contribution in [3.05, 3.63) is 5.69 Å². The number of aromatic nitrogens is 1. The molecule has 0 aromatic carbocycles. The van der Waals surface area contributed by atoms with Crippen molar-refractivity contribution in [2.75, 3.05) is 19.3 Å². The van der Waals surface area contributed by atoms with Gasteiger partial charge in [-0.25, -0.2) is 17.7 Å². The largest absolute Gasteiger partial charge is 0.393 e. The third-order valence-corrected chi connectivity index (χ3v) is 5.71. The Balaban J connectivity index is 2.91.